The molecule has 1 amide bonds. The second-order valence-electron chi connectivity index (χ2n) is 5.84. The molecular formula is C22H21NO3. The SMILES string of the molecule is COc1ccc(O[C@@H](C)C(=O)Nc2ccccc2-c2ccccc2)cc1. The molecule has 1 N–H and O–H groups in total. The minimum atomic E-state index is -0.632. The zero-order valence-electron chi connectivity index (χ0n) is 14.8. The molecule has 26 heavy (non-hydrogen) atoms. The fourth-order valence-corrected chi connectivity index (χ4v) is 2.61. The molecule has 4 heteroatoms. The Balaban J connectivity index is 1.71. The van der Waals surface area contributed by atoms with Crippen LogP contribution in [0.1, 0.15) is 6.92 Å². The largest absolute Gasteiger partial charge is 0.497 e. The molecule has 1 atom stereocenters. The number of hydrogen-bond acceptors (Lipinski definition) is 3. The molecule has 0 saturated carbocycles. The summed E-state index contributed by atoms with van der Waals surface area (Å²) in [5.74, 6) is 1.15. The lowest BCUT2D eigenvalue weighted by Crippen LogP contribution is -2.30. The summed E-state index contributed by atoms with van der Waals surface area (Å²) in [6.45, 7) is 1.73. The molecule has 4 nitrogen and oxygen atoms in total. The quantitative estimate of drug-likeness (QED) is 0.699. The van der Waals surface area contributed by atoms with Crippen molar-refractivity contribution in [3.8, 4) is 22.6 Å². The molecule has 0 aliphatic heterocycles. The van der Waals surface area contributed by atoms with Gasteiger partial charge >= 0.3 is 0 Å². The number of para-hydroxylation sites is 1. The second kappa shape index (κ2) is 8.21. The summed E-state index contributed by atoms with van der Waals surface area (Å²) in [7, 11) is 1.61. The highest BCUT2D eigenvalue weighted by molar-refractivity contribution is 5.98. The Morgan fingerprint density at radius 3 is 2.15 bits per heavy atom. The number of benzene rings is 3. The van der Waals surface area contributed by atoms with E-state index in [2.05, 4.69) is 5.32 Å². The highest BCUT2D eigenvalue weighted by Gasteiger charge is 2.16. The molecule has 0 fully saturated rings. The topological polar surface area (TPSA) is 47.6 Å². The number of amides is 1. The molecule has 0 bridgehead atoms. The van der Waals surface area contributed by atoms with E-state index in [1.807, 2.05) is 54.6 Å². The predicted molar refractivity (Wildman–Crippen MR) is 104 cm³/mol. The number of carbonyl (C=O) groups excluding carboxylic acids is 1. The lowest BCUT2D eigenvalue weighted by molar-refractivity contribution is -0.122. The van der Waals surface area contributed by atoms with Gasteiger partial charge in [-0.1, -0.05) is 48.5 Å². The third-order valence-corrected chi connectivity index (χ3v) is 4.01. The first-order chi connectivity index (χ1) is 12.7. The smallest absolute Gasteiger partial charge is 0.265 e. The Morgan fingerprint density at radius 1 is 0.846 bits per heavy atom. The zero-order valence-corrected chi connectivity index (χ0v) is 14.8. The Morgan fingerprint density at radius 2 is 1.46 bits per heavy atom. The van der Waals surface area contributed by atoms with Crippen molar-refractivity contribution in [2.45, 2.75) is 13.0 Å². The molecule has 0 aromatic heterocycles. The lowest BCUT2D eigenvalue weighted by Gasteiger charge is -2.17. The van der Waals surface area contributed by atoms with Crippen LogP contribution in [0, 0.1) is 0 Å². The van der Waals surface area contributed by atoms with Gasteiger partial charge in [-0.25, -0.2) is 0 Å². The fraction of sp³-hybridized carbons (Fsp3) is 0.136. The fourth-order valence-electron chi connectivity index (χ4n) is 2.61. The Labute approximate surface area is 153 Å². The van der Waals surface area contributed by atoms with Gasteiger partial charge in [-0.15, -0.1) is 0 Å². The van der Waals surface area contributed by atoms with Gasteiger partial charge in [0.1, 0.15) is 11.5 Å². The molecule has 0 unspecified atom stereocenters. The molecule has 132 valence electrons. The Hall–Kier alpha value is -3.27. The van der Waals surface area contributed by atoms with Gasteiger partial charge in [0.15, 0.2) is 6.10 Å². The molecule has 0 heterocycles. The summed E-state index contributed by atoms with van der Waals surface area (Å²) >= 11 is 0. The van der Waals surface area contributed by atoms with Crippen LogP contribution in [-0.2, 0) is 4.79 Å². The first-order valence-electron chi connectivity index (χ1n) is 8.43. The maximum Gasteiger partial charge on any atom is 0.265 e. The van der Waals surface area contributed by atoms with Crippen molar-refractivity contribution in [3.05, 3.63) is 78.9 Å². The van der Waals surface area contributed by atoms with Crippen molar-refractivity contribution in [2.24, 2.45) is 0 Å². The number of ether oxygens (including phenoxy) is 2. The van der Waals surface area contributed by atoms with Crippen molar-refractivity contribution in [2.75, 3.05) is 12.4 Å². The van der Waals surface area contributed by atoms with Crippen LogP contribution in [0.3, 0.4) is 0 Å². The monoisotopic (exact) mass is 347 g/mol. The van der Waals surface area contributed by atoms with Gasteiger partial charge in [0.25, 0.3) is 5.91 Å². The van der Waals surface area contributed by atoms with E-state index in [4.69, 9.17) is 9.47 Å². The van der Waals surface area contributed by atoms with E-state index in [0.717, 1.165) is 22.6 Å². The summed E-state index contributed by atoms with van der Waals surface area (Å²) < 4.78 is 10.8. The van der Waals surface area contributed by atoms with Gasteiger partial charge in [0.2, 0.25) is 0 Å². The molecule has 0 aliphatic rings. The number of hydrogen-bond donors (Lipinski definition) is 1. The lowest BCUT2D eigenvalue weighted by atomic mass is 10.0. The van der Waals surface area contributed by atoms with Crippen LogP contribution in [0.25, 0.3) is 11.1 Å². The van der Waals surface area contributed by atoms with Crippen LogP contribution in [0.2, 0.25) is 0 Å². The van der Waals surface area contributed by atoms with Gasteiger partial charge < -0.3 is 14.8 Å². The summed E-state index contributed by atoms with van der Waals surface area (Å²) in [5.41, 5.74) is 2.78. The number of carbonyl (C=O) groups is 1. The summed E-state index contributed by atoms with van der Waals surface area (Å²) in [5, 5.41) is 2.96. The highest BCUT2D eigenvalue weighted by Crippen LogP contribution is 2.28. The molecule has 0 aliphatic carbocycles. The minimum Gasteiger partial charge on any atom is -0.497 e. The van der Waals surface area contributed by atoms with E-state index in [1.54, 1.807) is 38.3 Å². The highest BCUT2D eigenvalue weighted by atomic mass is 16.5. The van der Waals surface area contributed by atoms with E-state index in [0.29, 0.717) is 5.75 Å². The zero-order chi connectivity index (χ0) is 18.4. The van der Waals surface area contributed by atoms with E-state index >= 15 is 0 Å². The molecule has 0 radical (unpaired) electrons. The minimum absolute atomic E-state index is 0.204. The van der Waals surface area contributed by atoms with Crippen molar-refractivity contribution in [3.63, 3.8) is 0 Å². The first-order valence-corrected chi connectivity index (χ1v) is 8.43. The number of rotatable bonds is 6. The molecule has 0 spiro atoms. The van der Waals surface area contributed by atoms with Crippen LogP contribution >= 0.6 is 0 Å². The van der Waals surface area contributed by atoms with Gasteiger partial charge in [-0.2, -0.15) is 0 Å². The maximum absolute atomic E-state index is 12.6. The summed E-state index contributed by atoms with van der Waals surface area (Å²) in [6, 6.07) is 24.8. The van der Waals surface area contributed by atoms with E-state index in [1.165, 1.54) is 0 Å². The van der Waals surface area contributed by atoms with Gasteiger partial charge in [0, 0.05) is 11.3 Å². The standard InChI is InChI=1S/C22H21NO3/c1-16(26-19-14-12-18(25-2)13-15-19)22(24)23-21-11-7-6-10-20(21)17-8-4-3-5-9-17/h3-16H,1-2H3,(H,23,24)/t16-/m0/s1. The van der Waals surface area contributed by atoms with Crippen molar-refractivity contribution < 1.29 is 14.3 Å². The average Bonchev–Trinajstić information content (AvgIpc) is 2.69. The molecule has 3 rings (SSSR count). The summed E-state index contributed by atoms with van der Waals surface area (Å²) in [6.07, 6.45) is -0.632. The first kappa shape index (κ1) is 17.5. The Bertz CT molecular complexity index is 860. The maximum atomic E-state index is 12.6. The number of methoxy groups -OCH3 is 1. The number of anilines is 1. The van der Waals surface area contributed by atoms with Crippen molar-refractivity contribution in [1.82, 2.24) is 0 Å². The predicted octanol–water partition coefficient (Wildman–Crippen LogP) is 4.77. The van der Waals surface area contributed by atoms with Gasteiger partial charge in [0.05, 0.1) is 7.11 Å². The van der Waals surface area contributed by atoms with Crippen LogP contribution in [0.4, 0.5) is 5.69 Å². The van der Waals surface area contributed by atoms with Gasteiger partial charge in [-0.05, 0) is 42.8 Å². The normalized spacial score (nSPS) is 11.5. The van der Waals surface area contributed by atoms with Gasteiger partial charge in [-0.3, -0.25) is 4.79 Å². The molecule has 3 aromatic carbocycles. The number of nitrogens with one attached hydrogen (secondary N) is 1. The van der Waals surface area contributed by atoms with E-state index < -0.39 is 6.10 Å². The van der Waals surface area contributed by atoms with Crippen LogP contribution in [0.15, 0.2) is 78.9 Å². The van der Waals surface area contributed by atoms with Crippen LogP contribution < -0.4 is 14.8 Å². The third-order valence-electron chi connectivity index (χ3n) is 4.01. The molecule has 0 saturated heterocycles. The van der Waals surface area contributed by atoms with Crippen molar-refractivity contribution >= 4 is 11.6 Å². The summed E-state index contributed by atoms with van der Waals surface area (Å²) in [4.78, 5) is 12.6. The molecule has 3 aromatic rings. The average molecular weight is 347 g/mol. The third kappa shape index (κ3) is 4.22. The van der Waals surface area contributed by atoms with Crippen molar-refractivity contribution in [1.29, 1.82) is 0 Å². The Kier molecular flexibility index (Phi) is 5.54. The second-order valence-corrected chi connectivity index (χ2v) is 5.84. The van der Waals surface area contributed by atoms with Crippen LogP contribution in [0.5, 0.6) is 11.5 Å². The molecular weight excluding hydrogens is 326 g/mol. The van der Waals surface area contributed by atoms with E-state index in [-0.39, 0.29) is 5.91 Å². The van der Waals surface area contributed by atoms with E-state index in [9.17, 15) is 4.79 Å². The van der Waals surface area contributed by atoms with Crippen LogP contribution in [-0.4, -0.2) is 19.1 Å².